The molecule has 3 rings (SSSR count). The van der Waals surface area contributed by atoms with E-state index in [1.807, 2.05) is 74.5 Å². The van der Waals surface area contributed by atoms with Crippen LogP contribution in [-0.2, 0) is 0 Å². The van der Waals surface area contributed by atoms with Gasteiger partial charge in [0.2, 0.25) is 0 Å². The number of benzene rings is 3. The van der Waals surface area contributed by atoms with Crippen LogP contribution in [0, 0.1) is 6.92 Å². The molecule has 0 aliphatic rings. The maximum Gasteiger partial charge on any atom is 0.255 e. The number of hydrogen-bond donors (Lipinski definition) is 1. The summed E-state index contributed by atoms with van der Waals surface area (Å²) >= 11 is 0. The lowest BCUT2D eigenvalue weighted by Crippen LogP contribution is -2.37. The van der Waals surface area contributed by atoms with Crippen LogP contribution in [-0.4, -0.2) is 25.7 Å². The molecule has 1 N–H and O–H groups in total. The van der Waals surface area contributed by atoms with Crippen molar-refractivity contribution in [2.45, 2.75) is 19.9 Å². The molecule has 1 atom stereocenters. The number of carbonyl (C=O) groups excluding carboxylic acids is 1. The first-order chi connectivity index (χ1) is 12.6. The molecule has 134 valence electrons. The van der Waals surface area contributed by atoms with Crippen LogP contribution in [0.1, 0.15) is 22.8 Å². The highest BCUT2D eigenvalue weighted by Gasteiger charge is 2.16. The Bertz CT molecular complexity index is 903. The summed E-state index contributed by atoms with van der Waals surface area (Å²) in [7, 11) is 1.57. The Hall–Kier alpha value is -3.01. The van der Waals surface area contributed by atoms with Crippen molar-refractivity contribution < 1.29 is 14.3 Å². The molecule has 0 aliphatic heterocycles. The van der Waals surface area contributed by atoms with Gasteiger partial charge in [0.15, 0.2) is 0 Å². The topological polar surface area (TPSA) is 47.6 Å². The van der Waals surface area contributed by atoms with Gasteiger partial charge in [0.1, 0.15) is 18.1 Å². The number of amides is 1. The fraction of sp³-hybridized carbons (Fsp3) is 0.227. The summed E-state index contributed by atoms with van der Waals surface area (Å²) in [6, 6.07) is 19.4. The summed E-state index contributed by atoms with van der Waals surface area (Å²) in [5, 5.41) is 5.01. The molecule has 4 nitrogen and oxygen atoms in total. The second-order valence-electron chi connectivity index (χ2n) is 6.40. The third-order valence-corrected chi connectivity index (χ3v) is 4.21. The van der Waals surface area contributed by atoms with Crippen molar-refractivity contribution in [1.29, 1.82) is 0 Å². The largest absolute Gasteiger partial charge is 0.496 e. The van der Waals surface area contributed by atoms with E-state index in [0.717, 1.165) is 16.5 Å². The Labute approximate surface area is 153 Å². The monoisotopic (exact) mass is 349 g/mol. The van der Waals surface area contributed by atoms with Crippen molar-refractivity contribution in [3.05, 3.63) is 71.8 Å². The number of hydrogen-bond acceptors (Lipinski definition) is 3. The van der Waals surface area contributed by atoms with Crippen LogP contribution < -0.4 is 14.8 Å². The van der Waals surface area contributed by atoms with Crippen molar-refractivity contribution in [1.82, 2.24) is 5.32 Å². The van der Waals surface area contributed by atoms with E-state index in [1.54, 1.807) is 7.11 Å². The minimum absolute atomic E-state index is 0.139. The molecule has 0 bridgehead atoms. The van der Waals surface area contributed by atoms with Crippen molar-refractivity contribution >= 4 is 16.7 Å². The first kappa shape index (κ1) is 17.8. The first-order valence-corrected chi connectivity index (χ1v) is 8.64. The summed E-state index contributed by atoms with van der Waals surface area (Å²) in [6.07, 6.45) is 0. The van der Waals surface area contributed by atoms with Gasteiger partial charge in [-0.15, -0.1) is 0 Å². The summed E-state index contributed by atoms with van der Waals surface area (Å²) in [6.45, 7) is 4.34. The maximum absolute atomic E-state index is 12.7. The molecular formula is C22H23NO3. The highest BCUT2D eigenvalue weighted by Crippen LogP contribution is 2.26. The third kappa shape index (κ3) is 4.14. The molecular weight excluding hydrogens is 326 g/mol. The van der Waals surface area contributed by atoms with Crippen molar-refractivity contribution in [3.63, 3.8) is 0 Å². The van der Waals surface area contributed by atoms with E-state index in [0.29, 0.717) is 17.9 Å². The molecule has 0 saturated heterocycles. The SMILES string of the molecule is COc1cc2ccccc2cc1C(=O)NC(C)COc1ccc(C)cc1. The van der Waals surface area contributed by atoms with Crippen LogP contribution in [0.4, 0.5) is 0 Å². The van der Waals surface area contributed by atoms with E-state index in [4.69, 9.17) is 9.47 Å². The average molecular weight is 349 g/mol. The number of rotatable bonds is 6. The van der Waals surface area contributed by atoms with Crippen LogP contribution >= 0.6 is 0 Å². The van der Waals surface area contributed by atoms with Gasteiger partial charge in [-0.25, -0.2) is 0 Å². The van der Waals surface area contributed by atoms with Gasteiger partial charge in [-0.2, -0.15) is 0 Å². The highest BCUT2D eigenvalue weighted by molar-refractivity contribution is 6.01. The molecule has 0 heterocycles. The molecule has 0 saturated carbocycles. The van der Waals surface area contributed by atoms with E-state index in [2.05, 4.69) is 5.32 Å². The first-order valence-electron chi connectivity index (χ1n) is 8.64. The Morgan fingerprint density at radius 3 is 2.35 bits per heavy atom. The lowest BCUT2D eigenvalue weighted by molar-refractivity contribution is 0.0924. The smallest absolute Gasteiger partial charge is 0.255 e. The molecule has 0 radical (unpaired) electrons. The van der Waals surface area contributed by atoms with E-state index >= 15 is 0 Å². The van der Waals surface area contributed by atoms with Gasteiger partial charge in [-0.3, -0.25) is 4.79 Å². The number of nitrogens with one attached hydrogen (secondary N) is 1. The van der Waals surface area contributed by atoms with Crippen molar-refractivity contribution in [2.24, 2.45) is 0 Å². The number of methoxy groups -OCH3 is 1. The zero-order valence-electron chi connectivity index (χ0n) is 15.3. The molecule has 1 unspecified atom stereocenters. The summed E-state index contributed by atoms with van der Waals surface area (Å²) in [5.41, 5.74) is 1.70. The predicted octanol–water partition coefficient (Wildman–Crippen LogP) is 4.35. The van der Waals surface area contributed by atoms with Crippen molar-refractivity contribution in [3.8, 4) is 11.5 Å². The second-order valence-corrected chi connectivity index (χ2v) is 6.40. The third-order valence-electron chi connectivity index (χ3n) is 4.21. The number of ether oxygens (including phenoxy) is 2. The Morgan fingerprint density at radius 1 is 1.04 bits per heavy atom. The zero-order chi connectivity index (χ0) is 18.5. The van der Waals surface area contributed by atoms with Crippen molar-refractivity contribution in [2.75, 3.05) is 13.7 Å². The predicted molar refractivity (Wildman–Crippen MR) is 104 cm³/mol. The molecule has 1 amide bonds. The highest BCUT2D eigenvalue weighted by atomic mass is 16.5. The van der Waals surface area contributed by atoms with Crippen LogP contribution in [0.5, 0.6) is 11.5 Å². The van der Waals surface area contributed by atoms with E-state index in [9.17, 15) is 4.79 Å². The van der Waals surface area contributed by atoms with E-state index < -0.39 is 0 Å². The van der Waals surface area contributed by atoms with E-state index in [1.165, 1.54) is 5.56 Å². The zero-order valence-corrected chi connectivity index (χ0v) is 15.3. The van der Waals surface area contributed by atoms with Gasteiger partial charge in [0.25, 0.3) is 5.91 Å². The van der Waals surface area contributed by atoms with Gasteiger partial charge in [0, 0.05) is 0 Å². The fourth-order valence-electron chi connectivity index (χ4n) is 2.76. The summed E-state index contributed by atoms with van der Waals surface area (Å²) < 4.78 is 11.1. The van der Waals surface area contributed by atoms with Gasteiger partial charge in [-0.05, 0) is 48.9 Å². The lowest BCUT2D eigenvalue weighted by atomic mass is 10.1. The molecule has 0 aliphatic carbocycles. The fourth-order valence-corrected chi connectivity index (χ4v) is 2.76. The molecule has 0 spiro atoms. The molecule has 4 heteroatoms. The van der Waals surface area contributed by atoms with Crippen LogP contribution in [0.2, 0.25) is 0 Å². The molecule has 0 aromatic heterocycles. The standard InChI is InChI=1S/C22H23NO3/c1-15-8-10-19(11-9-15)26-14-16(2)23-22(24)20-12-17-6-4-5-7-18(17)13-21(20)25-3/h4-13,16H,14H2,1-3H3,(H,23,24). The molecule has 0 fully saturated rings. The Kier molecular flexibility index (Phi) is 5.42. The number of aryl methyl sites for hydroxylation is 1. The van der Waals surface area contributed by atoms with Gasteiger partial charge in [0.05, 0.1) is 18.7 Å². The van der Waals surface area contributed by atoms with Gasteiger partial charge < -0.3 is 14.8 Å². The van der Waals surface area contributed by atoms with Gasteiger partial charge in [-0.1, -0.05) is 42.0 Å². The normalized spacial score (nSPS) is 11.8. The average Bonchev–Trinajstić information content (AvgIpc) is 2.66. The number of fused-ring (bicyclic) bond motifs is 1. The number of carbonyl (C=O) groups is 1. The quantitative estimate of drug-likeness (QED) is 0.719. The summed E-state index contributed by atoms with van der Waals surface area (Å²) in [5.74, 6) is 1.18. The summed E-state index contributed by atoms with van der Waals surface area (Å²) in [4.78, 5) is 12.7. The van der Waals surface area contributed by atoms with Crippen LogP contribution in [0.15, 0.2) is 60.7 Å². The maximum atomic E-state index is 12.7. The van der Waals surface area contributed by atoms with E-state index in [-0.39, 0.29) is 11.9 Å². The minimum atomic E-state index is -0.174. The Balaban J connectivity index is 1.68. The Morgan fingerprint density at radius 2 is 1.69 bits per heavy atom. The molecule has 26 heavy (non-hydrogen) atoms. The molecule has 3 aromatic rings. The van der Waals surface area contributed by atoms with Gasteiger partial charge >= 0.3 is 0 Å². The molecule has 3 aromatic carbocycles. The minimum Gasteiger partial charge on any atom is -0.496 e. The van der Waals surface area contributed by atoms with Crippen LogP contribution in [0.25, 0.3) is 10.8 Å². The van der Waals surface area contributed by atoms with Crippen LogP contribution in [0.3, 0.4) is 0 Å². The second kappa shape index (κ2) is 7.91. The lowest BCUT2D eigenvalue weighted by Gasteiger charge is -2.17.